The smallest absolute Gasteiger partial charge is 0.175 e. The molecule has 1 N–H and O–H groups in total. The van der Waals surface area contributed by atoms with Crippen molar-refractivity contribution >= 4 is 27.3 Å². The fraction of sp³-hybridized carbons (Fsp3) is 0.538. The molecule has 1 aliphatic heterocycles. The fourth-order valence-corrected chi connectivity index (χ4v) is 3.89. The minimum atomic E-state index is -3.09. The Hall–Kier alpha value is -0.680. The lowest BCUT2D eigenvalue weighted by atomic mass is 10.2. The van der Waals surface area contributed by atoms with Crippen LogP contribution in [-0.4, -0.2) is 32.2 Å². The standard InChI is InChI=1S/C13H19NO2S2/c1-18(15,16)13-7-5-11(6-8-13)14-10-12-4-2-3-9-17-12/h5-8,12,14H,2-4,9-10H2,1H3. The molecule has 2 rings (SSSR count). The molecule has 1 atom stereocenters. The minimum absolute atomic E-state index is 0.375. The number of thioether (sulfide) groups is 1. The Labute approximate surface area is 113 Å². The van der Waals surface area contributed by atoms with E-state index in [0.29, 0.717) is 10.1 Å². The molecule has 0 radical (unpaired) electrons. The molecule has 1 aromatic rings. The van der Waals surface area contributed by atoms with Crippen molar-refractivity contribution in [2.75, 3.05) is 23.9 Å². The number of nitrogens with one attached hydrogen (secondary N) is 1. The highest BCUT2D eigenvalue weighted by Crippen LogP contribution is 2.25. The summed E-state index contributed by atoms with van der Waals surface area (Å²) < 4.78 is 22.7. The topological polar surface area (TPSA) is 46.2 Å². The molecular weight excluding hydrogens is 266 g/mol. The van der Waals surface area contributed by atoms with Crippen molar-refractivity contribution in [1.82, 2.24) is 0 Å². The van der Waals surface area contributed by atoms with Gasteiger partial charge in [0.25, 0.3) is 0 Å². The molecule has 1 aromatic carbocycles. The second-order valence-corrected chi connectivity index (χ2v) is 8.09. The number of hydrogen-bond acceptors (Lipinski definition) is 4. The van der Waals surface area contributed by atoms with Crippen molar-refractivity contribution < 1.29 is 8.42 Å². The van der Waals surface area contributed by atoms with Gasteiger partial charge in [0.15, 0.2) is 9.84 Å². The molecule has 1 aliphatic rings. The zero-order valence-electron chi connectivity index (χ0n) is 10.6. The van der Waals surface area contributed by atoms with Crippen LogP contribution in [0.5, 0.6) is 0 Å². The lowest BCUT2D eigenvalue weighted by molar-refractivity contribution is 0.602. The third-order valence-corrected chi connectivity index (χ3v) is 5.62. The first-order valence-electron chi connectivity index (χ1n) is 6.21. The average molecular weight is 285 g/mol. The van der Waals surface area contributed by atoms with E-state index in [-0.39, 0.29) is 0 Å². The second kappa shape index (κ2) is 5.97. The number of sulfone groups is 1. The third-order valence-electron chi connectivity index (χ3n) is 3.09. The van der Waals surface area contributed by atoms with Crippen LogP contribution in [-0.2, 0) is 9.84 Å². The Morgan fingerprint density at radius 2 is 2.00 bits per heavy atom. The molecule has 1 fully saturated rings. The van der Waals surface area contributed by atoms with Crippen molar-refractivity contribution in [3.63, 3.8) is 0 Å². The van der Waals surface area contributed by atoms with Gasteiger partial charge in [0.1, 0.15) is 0 Å². The van der Waals surface area contributed by atoms with E-state index in [1.54, 1.807) is 12.1 Å². The van der Waals surface area contributed by atoms with E-state index in [4.69, 9.17) is 0 Å². The molecule has 1 saturated heterocycles. The Bertz CT molecular complexity index is 476. The predicted molar refractivity (Wildman–Crippen MR) is 78.1 cm³/mol. The minimum Gasteiger partial charge on any atom is -0.384 e. The van der Waals surface area contributed by atoms with Gasteiger partial charge in [-0.1, -0.05) is 6.42 Å². The molecule has 3 nitrogen and oxygen atoms in total. The second-order valence-electron chi connectivity index (χ2n) is 4.67. The first kappa shape index (κ1) is 13.7. The zero-order chi connectivity index (χ0) is 13.0. The van der Waals surface area contributed by atoms with Gasteiger partial charge in [-0.05, 0) is 42.9 Å². The molecule has 0 amide bonds. The summed E-state index contributed by atoms with van der Waals surface area (Å²) in [6, 6.07) is 6.99. The molecule has 0 spiro atoms. The number of rotatable bonds is 4. The molecule has 18 heavy (non-hydrogen) atoms. The summed E-state index contributed by atoms with van der Waals surface area (Å²) in [5, 5.41) is 4.07. The largest absolute Gasteiger partial charge is 0.384 e. The van der Waals surface area contributed by atoms with Crippen molar-refractivity contribution in [3.8, 4) is 0 Å². The maximum atomic E-state index is 11.3. The number of anilines is 1. The van der Waals surface area contributed by atoms with Crippen LogP contribution < -0.4 is 5.32 Å². The molecule has 100 valence electrons. The number of benzene rings is 1. The van der Waals surface area contributed by atoms with Gasteiger partial charge < -0.3 is 5.32 Å². The van der Waals surface area contributed by atoms with Gasteiger partial charge in [-0.15, -0.1) is 0 Å². The van der Waals surface area contributed by atoms with Crippen LogP contribution in [0.15, 0.2) is 29.2 Å². The van der Waals surface area contributed by atoms with E-state index in [0.717, 1.165) is 12.2 Å². The summed E-state index contributed by atoms with van der Waals surface area (Å²) in [6.07, 6.45) is 5.17. The van der Waals surface area contributed by atoms with Gasteiger partial charge in [0.2, 0.25) is 0 Å². The molecule has 0 saturated carbocycles. The molecule has 0 aromatic heterocycles. The zero-order valence-corrected chi connectivity index (χ0v) is 12.2. The Kier molecular flexibility index (Phi) is 4.56. The van der Waals surface area contributed by atoms with Crippen LogP contribution >= 0.6 is 11.8 Å². The molecule has 0 bridgehead atoms. The quantitative estimate of drug-likeness (QED) is 0.924. The van der Waals surface area contributed by atoms with E-state index < -0.39 is 9.84 Å². The van der Waals surface area contributed by atoms with E-state index in [1.165, 1.54) is 31.3 Å². The first-order valence-corrected chi connectivity index (χ1v) is 9.15. The summed E-state index contributed by atoms with van der Waals surface area (Å²) in [6.45, 7) is 0.961. The fourth-order valence-electron chi connectivity index (χ4n) is 2.02. The van der Waals surface area contributed by atoms with Crippen LogP contribution in [0.25, 0.3) is 0 Å². The van der Waals surface area contributed by atoms with Gasteiger partial charge in [-0.3, -0.25) is 0 Å². The van der Waals surface area contributed by atoms with Crippen LogP contribution in [0.2, 0.25) is 0 Å². The Balaban J connectivity index is 1.90. The van der Waals surface area contributed by atoms with Gasteiger partial charge in [0.05, 0.1) is 4.90 Å². The first-order chi connectivity index (χ1) is 8.55. The maximum Gasteiger partial charge on any atom is 0.175 e. The average Bonchev–Trinajstić information content (AvgIpc) is 2.37. The van der Waals surface area contributed by atoms with Crippen LogP contribution in [0.1, 0.15) is 19.3 Å². The summed E-state index contributed by atoms with van der Waals surface area (Å²) in [5.41, 5.74) is 0.994. The summed E-state index contributed by atoms with van der Waals surface area (Å²) in [7, 11) is -3.09. The van der Waals surface area contributed by atoms with Gasteiger partial charge in [0, 0.05) is 23.7 Å². The maximum absolute atomic E-state index is 11.3. The summed E-state index contributed by atoms with van der Waals surface area (Å²) in [5.74, 6) is 1.26. The highest BCUT2D eigenvalue weighted by molar-refractivity contribution is 8.00. The molecule has 5 heteroatoms. The summed E-state index contributed by atoms with van der Waals surface area (Å²) in [4.78, 5) is 0.375. The van der Waals surface area contributed by atoms with Crippen LogP contribution in [0, 0.1) is 0 Å². The SMILES string of the molecule is CS(=O)(=O)c1ccc(NCC2CCCCS2)cc1. The van der Waals surface area contributed by atoms with Crippen molar-refractivity contribution in [3.05, 3.63) is 24.3 Å². The van der Waals surface area contributed by atoms with Crippen molar-refractivity contribution in [2.24, 2.45) is 0 Å². The van der Waals surface area contributed by atoms with E-state index in [2.05, 4.69) is 5.32 Å². The molecule has 1 unspecified atom stereocenters. The van der Waals surface area contributed by atoms with Crippen molar-refractivity contribution in [2.45, 2.75) is 29.4 Å². The monoisotopic (exact) mass is 285 g/mol. The van der Waals surface area contributed by atoms with Crippen molar-refractivity contribution in [1.29, 1.82) is 0 Å². The molecule has 1 heterocycles. The van der Waals surface area contributed by atoms with Gasteiger partial charge in [-0.2, -0.15) is 11.8 Å². The van der Waals surface area contributed by atoms with E-state index in [9.17, 15) is 8.42 Å². The van der Waals surface area contributed by atoms with E-state index in [1.807, 2.05) is 23.9 Å². The van der Waals surface area contributed by atoms with Crippen LogP contribution in [0.3, 0.4) is 0 Å². The predicted octanol–water partition coefficient (Wildman–Crippen LogP) is 2.79. The summed E-state index contributed by atoms with van der Waals surface area (Å²) >= 11 is 2.03. The molecule has 0 aliphatic carbocycles. The van der Waals surface area contributed by atoms with Gasteiger partial charge in [-0.25, -0.2) is 8.42 Å². The normalized spacial score (nSPS) is 20.6. The highest BCUT2D eigenvalue weighted by Gasteiger charge is 2.13. The Morgan fingerprint density at radius 3 is 2.56 bits per heavy atom. The third kappa shape index (κ3) is 3.92. The highest BCUT2D eigenvalue weighted by atomic mass is 32.2. The van der Waals surface area contributed by atoms with Crippen LogP contribution in [0.4, 0.5) is 5.69 Å². The lowest BCUT2D eigenvalue weighted by Crippen LogP contribution is -2.19. The van der Waals surface area contributed by atoms with Gasteiger partial charge >= 0.3 is 0 Å². The lowest BCUT2D eigenvalue weighted by Gasteiger charge is -2.21. The molecular formula is C13H19NO2S2. The Morgan fingerprint density at radius 1 is 1.28 bits per heavy atom. The van der Waals surface area contributed by atoms with E-state index >= 15 is 0 Å². The number of hydrogen-bond donors (Lipinski definition) is 1.